The van der Waals surface area contributed by atoms with Gasteiger partial charge in [0.2, 0.25) is 0 Å². The third kappa shape index (κ3) is 9.58. The summed E-state index contributed by atoms with van der Waals surface area (Å²) < 4.78 is 0. The van der Waals surface area contributed by atoms with Crippen LogP contribution in [-0.4, -0.2) is 0 Å². The molecule has 0 nitrogen and oxygen atoms in total. The van der Waals surface area contributed by atoms with Gasteiger partial charge in [0.05, 0.1) is 0 Å². The second-order valence-electron chi connectivity index (χ2n) is 7.97. The topological polar surface area (TPSA) is 0 Å². The Balaban J connectivity index is -0.000000329. The molecule has 170 valence electrons. The zero-order chi connectivity index (χ0) is 17.4. The molecule has 4 rings (SSSR count). The SMILES string of the molecule is C1=CC2CCC(CCC3CCC4CCCCC43)C2C=C1.CC.CC.[CH3-].[CH3-].[CH3-].[CH3-].[Zr+4]. The summed E-state index contributed by atoms with van der Waals surface area (Å²) in [4.78, 5) is 0. The summed E-state index contributed by atoms with van der Waals surface area (Å²) in [6.07, 6.45) is 24.9. The van der Waals surface area contributed by atoms with Gasteiger partial charge in [-0.05, 0) is 80.5 Å². The fourth-order valence-electron chi connectivity index (χ4n) is 6.05. The van der Waals surface area contributed by atoms with Crippen LogP contribution >= 0.6 is 0 Å². The van der Waals surface area contributed by atoms with Crippen LogP contribution < -0.4 is 0 Å². The van der Waals surface area contributed by atoms with Crippen LogP contribution in [0.3, 0.4) is 0 Å². The van der Waals surface area contributed by atoms with E-state index in [1.807, 2.05) is 27.7 Å². The van der Waals surface area contributed by atoms with Crippen molar-refractivity contribution in [1.82, 2.24) is 0 Å². The molecule has 0 N–H and O–H groups in total. The van der Waals surface area contributed by atoms with E-state index in [4.69, 9.17) is 0 Å². The van der Waals surface area contributed by atoms with Gasteiger partial charge in [0, 0.05) is 0 Å². The van der Waals surface area contributed by atoms with Gasteiger partial charge in [0.1, 0.15) is 0 Å². The van der Waals surface area contributed by atoms with Gasteiger partial charge in [-0.25, -0.2) is 0 Å². The van der Waals surface area contributed by atoms with E-state index in [1.54, 1.807) is 32.1 Å². The Bertz CT molecular complexity index is 397. The van der Waals surface area contributed by atoms with Gasteiger partial charge in [-0.1, -0.05) is 71.3 Å². The minimum atomic E-state index is 0. The normalized spacial score (nSPS) is 32.4. The van der Waals surface area contributed by atoms with Crippen molar-refractivity contribution in [2.45, 2.75) is 91.9 Å². The zero-order valence-corrected chi connectivity index (χ0v) is 23.8. The van der Waals surface area contributed by atoms with Crippen molar-refractivity contribution in [3.8, 4) is 0 Å². The minimum absolute atomic E-state index is 0. The van der Waals surface area contributed by atoms with E-state index >= 15 is 0 Å². The van der Waals surface area contributed by atoms with E-state index in [9.17, 15) is 0 Å². The molecule has 0 aliphatic heterocycles. The Kier molecular flexibility index (Phi) is 25.7. The summed E-state index contributed by atoms with van der Waals surface area (Å²) in [6.45, 7) is 8.00. The first kappa shape index (κ1) is 36.7. The van der Waals surface area contributed by atoms with Gasteiger partial charge in [0.25, 0.3) is 0 Å². The Morgan fingerprint density at radius 3 is 1.86 bits per heavy atom. The molecule has 3 fully saturated rings. The van der Waals surface area contributed by atoms with Crippen molar-refractivity contribution < 1.29 is 26.2 Å². The van der Waals surface area contributed by atoms with E-state index < -0.39 is 0 Å². The summed E-state index contributed by atoms with van der Waals surface area (Å²) in [7, 11) is 0. The molecule has 0 aromatic rings. The molecule has 6 unspecified atom stereocenters. The van der Waals surface area contributed by atoms with Crippen LogP contribution in [0.4, 0.5) is 0 Å². The Morgan fingerprint density at radius 2 is 1.17 bits per heavy atom. The van der Waals surface area contributed by atoms with Gasteiger partial charge < -0.3 is 29.7 Å². The van der Waals surface area contributed by atoms with Crippen molar-refractivity contribution >= 4 is 0 Å². The van der Waals surface area contributed by atoms with Crippen LogP contribution in [0.25, 0.3) is 0 Å². The summed E-state index contributed by atoms with van der Waals surface area (Å²) in [5.74, 6) is 6.14. The molecular formula is C28H54Zr. The first-order valence-electron chi connectivity index (χ1n) is 11.3. The first-order chi connectivity index (χ1) is 11.9. The minimum Gasteiger partial charge on any atom is -0.358 e. The number of hydrogen-bond acceptors (Lipinski definition) is 0. The maximum Gasteiger partial charge on any atom is 4.00 e. The van der Waals surface area contributed by atoms with Crippen LogP contribution in [0.5, 0.6) is 0 Å². The molecule has 0 aromatic carbocycles. The predicted molar refractivity (Wildman–Crippen MR) is 134 cm³/mol. The van der Waals surface area contributed by atoms with Gasteiger partial charge in [-0.3, -0.25) is 0 Å². The van der Waals surface area contributed by atoms with Crippen molar-refractivity contribution in [2.24, 2.45) is 35.5 Å². The molecule has 0 saturated heterocycles. The monoisotopic (exact) mass is 480 g/mol. The summed E-state index contributed by atoms with van der Waals surface area (Å²) >= 11 is 0. The van der Waals surface area contributed by atoms with Gasteiger partial charge in [0.15, 0.2) is 0 Å². The van der Waals surface area contributed by atoms with Crippen LogP contribution in [-0.2, 0) is 26.2 Å². The molecule has 0 amide bonds. The summed E-state index contributed by atoms with van der Waals surface area (Å²) in [6, 6.07) is 0. The van der Waals surface area contributed by atoms with Crippen molar-refractivity contribution in [3.63, 3.8) is 0 Å². The molecule has 4 aliphatic carbocycles. The predicted octanol–water partition coefficient (Wildman–Crippen LogP) is 9.60. The quantitative estimate of drug-likeness (QED) is 0.352. The third-order valence-electron chi connectivity index (χ3n) is 7.10. The molecule has 0 aromatic heterocycles. The molecule has 0 spiro atoms. The van der Waals surface area contributed by atoms with E-state index in [2.05, 4.69) is 24.3 Å². The van der Waals surface area contributed by atoms with E-state index in [0.717, 1.165) is 35.5 Å². The number of hydrogen-bond donors (Lipinski definition) is 0. The van der Waals surface area contributed by atoms with Crippen LogP contribution in [0.1, 0.15) is 91.9 Å². The molecule has 0 bridgehead atoms. The third-order valence-corrected chi connectivity index (χ3v) is 7.10. The molecule has 1 heteroatoms. The smallest absolute Gasteiger partial charge is 0.358 e. The van der Waals surface area contributed by atoms with Crippen LogP contribution in [0, 0.1) is 65.2 Å². The van der Waals surface area contributed by atoms with Crippen molar-refractivity contribution in [2.75, 3.05) is 0 Å². The second kappa shape index (κ2) is 20.3. The fourth-order valence-corrected chi connectivity index (χ4v) is 6.05. The van der Waals surface area contributed by atoms with Gasteiger partial charge in [-0.2, -0.15) is 0 Å². The van der Waals surface area contributed by atoms with Gasteiger partial charge in [-0.15, -0.1) is 0 Å². The van der Waals surface area contributed by atoms with E-state index in [1.165, 1.54) is 32.1 Å². The molecule has 3 saturated carbocycles. The zero-order valence-electron chi connectivity index (χ0n) is 21.3. The molecule has 29 heavy (non-hydrogen) atoms. The molecule has 0 radical (unpaired) electrons. The summed E-state index contributed by atoms with van der Waals surface area (Å²) in [5, 5.41) is 0. The molecular weight excluding hydrogens is 428 g/mol. The average molecular weight is 482 g/mol. The molecule has 0 heterocycles. The average Bonchev–Trinajstić information content (AvgIpc) is 3.27. The Hall–Kier alpha value is 0.363. The fraction of sp³-hybridized carbons (Fsp3) is 0.714. The van der Waals surface area contributed by atoms with E-state index in [-0.39, 0.29) is 55.9 Å². The van der Waals surface area contributed by atoms with Crippen molar-refractivity contribution in [1.29, 1.82) is 0 Å². The first-order valence-corrected chi connectivity index (χ1v) is 11.3. The Morgan fingerprint density at radius 1 is 0.621 bits per heavy atom. The molecule has 4 aliphatic rings. The van der Waals surface area contributed by atoms with Gasteiger partial charge >= 0.3 is 26.2 Å². The molecule has 6 atom stereocenters. The number of rotatable bonds is 3. The number of fused-ring (bicyclic) bond motifs is 2. The maximum atomic E-state index is 2.51. The van der Waals surface area contributed by atoms with Crippen LogP contribution in [0.15, 0.2) is 24.3 Å². The second-order valence-corrected chi connectivity index (χ2v) is 7.97. The maximum absolute atomic E-state index is 2.51. The van der Waals surface area contributed by atoms with Crippen molar-refractivity contribution in [3.05, 3.63) is 54.0 Å². The number of allylic oxidation sites excluding steroid dienone is 4. The summed E-state index contributed by atoms with van der Waals surface area (Å²) in [5.41, 5.74) is 0. The largest absolute Gasteiger partial charge is 4.00 e. The van der Waals surface area contributed by atoms with E-state index in [0.29, 0.717) is 0 Å². The Labute approximate surface area is 206 Å². The standard InChI is InChI=1S/C20H30.2C2H6.4CH3.Zr/c1-3-7-19-15(5-1)9-11-17(19)13-14-18-12-10-16-6-2-4-8-20(16)18;2*1-2;;;;;/h1,3,5,7,15-20H,2,4,6,8-14H2;2*1-2H3;4*1H3;/q;;;4*-1;+4. The van der Waals surface area contributed by atoms with Crippen LogP contribution in [0.2, 0.25) is 0 Å².